The van der Waals surface area contributed by atoms with Crippen molar-refractivity contribution in [3.05, 3.63) is 81.4 Å². The number of benzene rings is 1. The lowest BCUT2D eigenvalue weighted by molar-refractivity contribution is -0.137. The van der Waals surface area contributed by atoms with Crippen molar-refractivity contribution in [3.63, 3.8) is 0 Å². The van der Waals surface area contributed by atoms with Crippen LogP contribution in [0.25, 0.3) is 11.7 Å². The van der Waals surface area contributed by atoms with E-state index in [1.54, 1.807) is 31.3 Å². The Balaban J connectivity index is 1.66. The molecule has 7 heteroatoms. The second kappa shape index (κ2) is 8.51. The standard InChI is InChI=1S/C20H18ClN3O3/c1-2-27-20(26)10-5-14-3-7-16(8-4-14)22-12-17-11-19(25)24-13-15(21)6-9-18(24)23-17/h3-11,13,22H,2,12H2,1H3/b10-5+. The van der Waals surface area contributed by atoms with Gasteiger partial charge in [-0.1, -0.05) is 23.7 Å². The van der Waals surface area contributed by atoms with Crippen molar-refractivity contribution in [2.24, 2.45) is 0 Å². The lowest BCUT2D eigenvalue weighted by Crippen LogP contribution is -2.16. The van der Waals surface area contributed by atoms with Crippen molar-refractivity contribution in [2.75, 3.05) is 11.9 Å². The Hall–Kier alpha value is -3.12. The molecule has 27 heavy (non-hydrogen) atoms. The van der Waals surface area contributed by atoms with Crippen molar-refractivity contribution in [2.45, 2.75) is 13.5 Å². The van der Waals surface area contributed by atoms with Gasteiger partial charge in [-0.15, -0.1) is 0 Å². The first-order chi connectivity index (χ1) is 13.0. The van der Waals surface area contributed by atoms with Gasteiger partial charge in [0, 0.05) is 24.0 Å². The van der Waals surface area contributed by atoms with Gasteiger partial charge in [-0.05, 0) is 42.8 Å². The minimum absolute atomic E-state index is 0.182. The van der Waals surface area contributed by atoms with E-state index in [1.165, 1.54) is 16.5 Å². The number of nitrogens with zero attached hydrogens (tertiary/aromatic N) is 2. The second-order valence-corrected chi connectivity index (χ2v) is 6.16. The first-order valence-electron chi connectivity index (χ1n) is 8.42. The highest BCUT2D eigenvalue weighted by Gasteiger charge is 2.03. The van der Waals surface area contributed by atoms with Crippen molar-refractivity contribution < 1.29 is 9.53 Å². The largest absolute Gasteiger partial charge is 0.463 e. The van der Waals surface area contributed by atoms with Crippen LogP contribution in [-0.2, 0) is 16.1 Å². The van der Waals surface area contributed by atoms with Crippen LogP contribution in [0.2, 0.25) is 5.02 Å². The van der Waals surface area contributed by atoms with E-state index in [0.717, 1.165) is 11.3 Å². The number of ether oxygens (including phenoxy) is 1. The third-order valence-corrected chi connectivity index (χ3v) is 3.98. The Morgan fingerprint density at radius 3 is 2.78 bits per heavy atom. The number of carbonyl (C=O) groups excluding carboxylic acids is 1. The molecule has 2 heterocycles. The monoisotopic (exact) mass is 383 g/mol. The van der Waals surface area contributed by atoms with E-state index >= 15 is 0 Å². The van der Waals surface area contributed by atoms with E-state index in [9.17, 15) is 9.59 Å². The molecular weight excluding hydrogens is 366 g/mol. The number of hydrogen-bond acceptors (Lipinski definition) is 5. The summed E-state index contributed by atoms with van der Waals surface area (Å²) in [6.07, 6.45) is 4.63. The fourth-order valence-corrected chi connectivity index (χ4v) is 2.64. The third kappa shape index (κ3) is 4.95. The fourth-order valence-electron chi connectivity index (χ4n) is 2.48. The zero-order valence-electron chi connectivity index (χ0n) is 14.7. The van der Waals surface area contributed by atoms with Gasteiger partial charge < -0.3 is 10.1 Å². The minimum atomic E-state index is -0.366. The molecule has 0 saturated heterocycles. The zero-order chi connectivity index (χ0) is 19.2. The normalized spacial score (nSPS) is 11.0. The molecule has 0 bridgehead atoms. The highest BCUT2D eigenvalue weighted by molar-refractivity contribution is 6.30. The molecule has 0 radical (unpaired) electrons. The maximum Gasteiger partial charge on any atom is 0.330 e. The van der Waals surface area contributed by atoms with E-state index in [4.69, 9.17) is 16.3 Å². The molecule has 0 spiro atoms. The summed E-state index contributed by atoms with van der Waals surface area (Å²) in [7, 11) is 0. The van der Waals surface area contributed by atoms with Gasteiger partial charge in [-0.25, -0.2) is 9.78 Å². The van der Waals surface area contributed by atoms with Crippen LogP contribution in [0.5, 0.6) is 0 Å². The van der Waals surface area contributed by atoms with Crippen LogP contribution in [0, 0.1) is 0 Å². The average Bonchev–Trinajstić information content (AvgIpc) is 2.66. The molecule has 0 aliphatic heterocycles. The Labute approximate surface area is 161 Å². The van der Waals surface area contributed by atoms with Gasteiger partial charge in [0.05, 0.1) is 23.9 Å². The van der Waals surface area contributed by atoms with Gasteiger partial charge in [0.15, 0.2) is 0 Å². The number of anilines is 1. The molecular formula is C20H18ClN3O3. The first-order valence-corrected chi connectivity index (χ1v) is 8.79. The Morgan fingerprint density at radius 2 is 2.04 bits per heavy atom. The van der Waals surface area contributed by atoms with Crippen LogP contribution < -0.4 is 10.9 Å². The Morgan fingerprint density at radius 1 is 1.26 bits per heavy atom. The summed E-state index contributed by atoms with van der Waals surface area (Å²) in [5, 5.41) is 3.71. The molecule has 3 aromatic rings. The molecule has 3 rings (SSSR count). The van der Waals surface area contributed by atoms with E-state index < -0.39 is 0 Å². The van der Waals surface area contributed by atoms with E-state index in [0.29, 0.717) is 29.5 Å². The SMILES string of the molecule is CCOC(=O)/C=C/c1ccc(NCc2cc(=O)n3cc(Cl)ccc3n2)cc1. The number of carbonyl (C=O) groups is 1. The van der Waals surface area contributed by atoms with Gasteiger partial charge in [-0.2, -0.15) is 0 Å². The molecule has 138 valence electrons. The first kappa shape index (κ1) is 18.7. The summed E-state index contributed by atoms with van der Waals surface area (Å²) in [5.41, 5.74) is 2.75. The van der Waals surface area contributed by atoms with Gasteiger partial charge in [0.1, 0.15) is 5.65 Å². The maximum absolute atomic E-state index is 12.2. The molecule has 0 aliphatic carbocycles. The van der Waals surface area contributed by atoms with Crippen LogP contribution in [0.1, 0.15) is 18.2 Å². The summed E-state index contributed by atoms with van der Waals surface area (Å²) in [6.45, 7) is 2.53. The number of halogens is 1. The predicted molar refractivity (Wildman–Crippen MR) is 106 cm³/mol. The predicted octanol–water partition coefficient (Wildman–Crippen LogP) is 3.54. The minimum Gasteiger partial charge on any atom is -0.463 e. The number of fused-ring (bicyclic) bond motifs is 1. The van der Waals surface area contributed by atoms with Crippen LogP contribution in [-0.4, -0.2) is 22.0 Å². The highest BCUT2D eigenvalue weighted by atomic mass is 35.5. The summed E-state index contributed by atoms with van der Waals surface area (Å²) >= 11 is 5.91. The van der Waals surface area contributed by atoms with Gasteiger partial charge >= 0.3 is 5.97 Å². The highest BCUT2D eigenvalue weighted by Crippen LogP contribution is 2.13. The number of rotatable bonds is 6. The maximum atomic E-state index is 12.2. The van der Waals surface area contributed by atoms with Crippen molar-refractivity contribution >= 4 is 35.0 Å². The van der Waals surface area contributed by atoms with Crippen LogP contribution in [0.4, 0.5) is 5.69 Å². The van der Waals surface area contributed by atoms with Gasteiger partial charge in [0.2, 0.25) is 0 Å². The smallest absolute Gasteiger partial charge is 0.330 e. The topological polar surface area (TPSA) is 72.7 Å². The molecule has 0 saturated carbocycles. The molecule has 1 N–H and O–H groups in total. The van der Waals surface area contributed by atoms with Crippen LogP contribution >= 0.6 is 11.6 Å². The Kier molecular flexibility index (Phi) is 5.88. The summed E-state index contributed by atoms with van der Waals surface area (Å²) < 4.78 is 6.26. The van der Waals surface area contributed by atoms with E-state index in [1.807, 2.05) is 24.3 Å². The molecule has 0 fully saturated rings. The molecule has 0 aliphatic rings. The number of hydrogen-bond donors (Lipinski definition) is 1. The molecule has 2 aromatic heterocycles. The Bertz CT molecular complexity index is 1040. The fraction of sp³-hybridized carbons (Fsp3) is 0.150. The molecule has 1 aromatic carbocycles. The van der Waals surface area contributed by atoms with Crippen molar-refractivity contribution in [1.82, 2.24) is 9.38 Å². The van der Waals surface area contributed by atoms with Crippen molar-refractivity contribution in [3.8, 4) is 0 Å². The zero-order valence-corrected chi connectivity index (χ0v) is 15.4. The molecule has 0 atom stereocenters. The molecule has 0 amide bonds. The number of pyridine rings is 1. The van der Waals surface area contributed by atoms with E-state index in [2.05, 4.69) is 10.3 Å². The summed E-state index contributed by atoms with van der Waals surface area (Å²) in [5.74, 6) is -0.366. The third-order valence-electron chi connectivity index (χ3n) is 3.76. The summed E-state index contributed by atoms with van der Waals surface area (Å²) in [6, 6.07) is 12.4. The lowest BCUT2D eigenvalue weighted by atomic mass is 10.2. The average molecular weight is 384 g/mol. The number of aromatic nitrogens is 2. The van der Waals surface area contributed by atoms with Gasteiger partial charge in [-0.3, -0.25) is 9.20 Å². The number of nitrogens with one attached hydrogen (secondary N) is 1. The molecule has 0 unspecified atom stereocenters. The van der Waals surface area contributed by atoms with Crippen LogP contribution in [0.15, 0.2) is 59.5 Å². The van der Waals surface area contributed by atoms with Crippen molar-refractivity contribution in [1.29, 1.82) is 0 Å². The van der Waals surface area contributed by atoms with E-state index in [-0.39, 0.29) is 11.5 Å². The summed E-state index contributed by atoms with van der Waals surface area (Å²) in [4.78, 5) is 27.9. The lowest BCUT2D eigenvalue weighted by Gasteiger charge is -2.08. The van der Waals surface area contributed by atoms with Gasteiger partial charge in [0.25, 0.3) is 5.56 Å². The number of esters is 1. The second-order valence-electron chi connectivity index (χ2n) is 5.72. The molecule has 6 nitrogen and oxygen atoms in total. The quantitative estimate of drug-likeness (QED) is 0.520. The van der Waals surface area contributed by atoms with Crippen LogP contribution in [0.3, 0.4) is 0 Å².